The molecule has 2 aromatic rings. The van der Waals surface area contributed by atoms with Crippen LogP contribution in [-0.2, 0) is 20.1 Å². The highest BCUT2D eigenvalue weighted by Crippen LogP contribution is 2.24. The standard InChI is InChI=1S/C12H14BrN3O/c1-16-5-4-15-12(16)8-14-7-9-2-3-11(17)10(13)6-9/h2-6,14,17H,7-8H2,1H3. The number of hydrogen-bond acceptors (Lipinski definition) is 3. The van der Waals surface area contributed by atoms with Gasteiger partial charge in [-0.05, 0) is 33.6 Å². The first kappa shape index (κ1) is 12.1. The van der Waals surface area contributed by atoms with Gasteiger partial charge in [-0.3, -0.25) is 0 Å². The number of imidazole rings is 1. The van der Waals surface area contributed by atoms with Crippen LogP contribution in [-0.4, -0.2) is 14.7 Å². The number of aromatic hydroxyl groups is 1. The maximum atomic E-state index is 9.38. The second-order valence-electron chi connectivity index (χ2n) is 3.84. The number of aromatic nitrogens is 2. The first-order valence-corrected chi connectivity index (χ1v) is 6.10. The van der Waals surface area contributed by atoms with Gasteiger partial charge < -0.3 is 15.0 Å². The van der Waals surface area contributed by atoms with E-state index < -0.39 is 0 Å². The summed E-state index contributed by atoms with van der Waals surface area (Å²) < 4.78 is 2.70. The van der Waals surface area contributed by atoms with E-state index in [1.165, 1.54) is 0 Å². The molecule has 0 radical (unpaired) electrons. The number of nitrogens with one attached hydrogen (secondary N) is 1. The lowest BCUT2D eigenvalue weighted by Crippen LogP contribution is -2.15. The van der Waals surface area contributed by atoms with Crippen molar-refractivity contribution >= 4 is 15.9 Å². The van der Waals surface area contributed by atoms with E-state index in [0.717, 1.165) is 24.5 Å². The van der Waals surface area contributed by atoms with Crippen molar-refractivity contribution in [1.29, 1.82) is 0 Å². The van der Waals surface area contributed by atoms with E-state index in [2.05, 4.69) is 26.2 Å². The van der Waals surface area contributed by atoms with Crippen LogP contribution < -0.4 is 5.32 Å². The van der Waals surface area contributed by atoms with Crippen LogP contribution in [0.3, 0.4) is 0 Å². The molecule has 0 atom stereocenters. The second kappa shape index (κ2) is 5.33. The Balaban J connectivity index is 1.90. The van der Waals surface area contributed by atoms with E-state index in [4.69, 9.17) is 0 Å². The lowest BCUT2D eigenvalue weighted by Gasteiger charge is -2.06. The van der Waals surface area contributed by atoms with E-state index in [-0.39, 0.29) is 5.75 Å². The van der Waals surface area contributed by atoms with Gasteiger partial charge in [0.05, 0.1) is 11.0 Å². The average molecular weight is 296 g/mol. The Labute approximate surface area is 108 Å². The van der Waals surface area contributed by atoms with Gasteiger partial charge in [-0.1, -0.05) is 6.07 Å². The topological polar surface area (TPSA) is 50.1 Å². The Morgan fingerprint density at radius 2 is 2.24 bits per heavy atom. The number of aryl methyl sites for hydroxylation is 1. The third-order valence-electron chi connectivity index (χ3n) is 2.55. The number of halogens is 1. The molecule has 90 valence electrons. The summed E-state index contributed by atoms with van der Waals surface area (Å²) >= 11 is 3.29. The molecule has 2 N–H and O–H groups in total. The van der Waals surface area contributed by atoms with Gasteiger partial charge in [0.2, 0.25) is 0 Å². The number of phenolic OH excluding ortho intramolecular Hbond substituents is 1. The summed E-state index contributed by atoms with van der Waals surface area (Å²) in [7, 11) is 1.97. The van der Waals surface area contributed by atoms with Gasteiger partial charge in [0.15, 0.2) is 0 Å². The number of benzene rings is 1. The summed E-state index contributed by atoms with van der Waals surface area (Å²) in [6.07, 6.45) is 3.71. The number of rotatable bonds is 4. The molecule has 1 aromatic carbocycles. The van der Waals surface area contributed by atoms with Gasteiger partial charge >= 0.3 is 0 Å². The zero-order chi connectivity index (χ0) is 12.3. The van der Waals surface area contributed by atoms with Crippen molar-refractivity contribution in [2.24, 2.45) is 7.05 Å². The average Bonchev–Trinajstić information content (AvgIpc) is 2.70. The Bertz CT molecular complexity index is 510. The Hall–Kier alpha value is -1.33. The fourth-order valence-corrected chi connectivity index (χ4v) is 1.97. The zero-order valence-corrected chi connectivity index (χ0v) is 11.1. The molecule has 0 aliphatic carbocycles. The van der Waals surface area contributed by atoms with Crippen LogP contribution in [0.4, 0.5) is 0 Å². The van der Waals surface area contributed by atoms with Crippen LogP contribution in [0, 0.1) is 0 Å². The quantitative estimate of drug-likeness (QED) is 0.909. The van der Waals surface area contributed by atoms with Gasteiger partial charge in [0.1, 0.15) is 11.6 Å². The maximum absolute atomic E-state index is 9.38. The van der Waals surface area contributed by atoms with Crippen LogP contribution in [0.5, 0.6) is 5.75 Å². The van der Waals surface area contributed by atoms with Crippen molar-refractivity contribution in [3.8, 4) is 5.75 Å². The maximum Gasteiger partial charge on any atom is 0.129 e. The van der Waals surface area contributed by atoms with Crippen LogP contribution in [0.15, 0.2) is 35.1 Å². The van der Waals surface area contributed by atoms with E-state index >= 15 is 0 Å². The van der Waals surface area contributed by atoms with Gasteiger partial charge in [-0.25, -0.2) is 4.98 Å². The number of hydrogen-bond donors (Lipinski definition) is 2. The molecule has 0 aliphatic rings. The highest BCUT2D eigenvalue weighted by Gasteiger charge is 2.01. The summed E-state index contributed by atoms with van der Waals surface area (Å²) in [6, 6.07) is 5.48. The molecule has 0 saturated heterocycles. The molecule has 1 aromatic heterocycles. The first-order valence-electron chi connectivity index (χ1n) is 5.31. The summed E-state index contributed by atoms with van der Waals surface area (Å²) in [5.41, 5.74) is 1.11. The fraction of sp³-hybridized carbons (Fsp3) is 0.250. The predicted molar refractivity (Wildman–Crippen MR) is 69.6 cm³/mol. The molecular formula is C12H14BrN3O. The molecule has 5 heteroatoms. The molecule has 0 saturated carbocycles. The molecule has 2 rings (SSSR count). The van der Waals surface area contributed by atoms with Crippen molar-refractivity contribution in [2.45, 2.75) is 13.1 Å². The molecule has 0 unspecified atom stereocenters. The third-order valence-corrected chi connectivity index (χ3v) is 3.18. The van der Waals surface area contributed by atoms with Crippen LogP contribution in [0.1, 0.15) is 11.4 Å². The van der Waals surface area contributed by atoms with E-state index in [1.807, 2.05) is 29.9 Å². The van der Waals surface area contributed by atoms with Gasteiger partial charge in [-0.15, -0.1) is 0 Å². The van der Waals surface area contributed by atoms with Crippen molar-refractivity contribution < 1.29 is 5.11 Å². The summed E-state index contributed by atoms with van der Waals surface area (Å²) in [4.78, 5) is 4.23. The van der Waals surface area contributed by atoms with Crippen LogP contribution in [0.25, 0.3) is 0 Å². The summed E-state index contributed by atoms with van der Waals surface area (Å²) in [5, 5.41) is 12.7. The third kappa shape index (κ3) is 3.08. The Morgan fingerprint density at radius 3 is 2.88 bits per heavy atom. The lowest BCUT2D eigenvalue weighted by molar-refractivity contribution is 0.471. The predicted octanol–water partition coefficient (Wildman–Crippen LogP) is 2.18. The smallest absolute Gasteiger partial charge is 0.129 e. The molecular weight excluding hydrogens is 282 g/mol. The largest absolute Gasteiger partial charge is 0.507 e. The van der Waals surface area contributed by atoms with Crippen LogP contribution >= 0.6 is 15.9 Å². The molecule has 0 aliphatic heterocycles. The minimum atomic E-state index is 0.262. The lowest BCUT2D eigenvalue weighted by atomic mass is 10.2. The molecule has 4 nitrogen and oxygen atoms in total. The van der Waals surface area contributed by atoms with Crippen molar-refractivity contribution in [2.75, 3.05) is 0 Å². The normalized spacial score (nSPS) is 10.7. The monoisotopic (exact) mass is 295 g/mol. The van der Waals surface area contributed by atoms with Gasteiger partial charge in [-0.2, -0.15) is 0 Å². The molecule has 0 fully saturated rings. The molecule has 0 amide bonds. The second-order valence-corrected chi connectivity index (χ2v) is 4.70. The molecule has 0 bridgehead atoms. The Kier molecular flexibility index (Phi) is 3.81. The molecule has 1 heterocycles. The number of phenols is 1. The minimum Gasteiger partial charge on any atom is -0.507 e. The minimum absolute atomic E-state index is 0.262. The zero-order valence-electron chi connectivity index (χ0n) is 9.52. The van der Waals surface area contributed by atoms with E-state index in [1.54, 1.807) is 12.3 Å². The molecule has 17 heavy (non-hydrogen) atoms. The van der Waals surface area contributed by atoms with E-state index in [9.17, 15) is 5.11 Å². The highest BCUT2D eigenvalue weighted by molar-refractivity contribution is 9.10. The van der Waals surface area contributed by atoms with Crippen molar-refractivity contribution in [3.63, 3.8) is 0 Å². The summed E-state index contributed by atoms with van der Waals surface area (Å²) in [6.45, 7) is 1.47. The SMILES string of the molecule is Cn1ccnc1CNCc1ccc(O)c(Br)c1. The molecule has 0 spiro atoms. The van der Waals surface area contributed by atoms with Crippen LogP contribution in [0.2, 0.25) is 0 Å². The van der Waals surface area contributed by atoms with Gasteiger partial charge in [0, 0.05) is 26.0 Å². The first-order chi connectivity index (χ1) is 8.16. The number of nitrogens with zero attached hydrogens (tertiary/aromatic N) is 2. The summed E-state index contributed by atoms with van der Waals surface area (Å²) in [5.74, 6) is 1.26. The fourth-order valence-electron chi connectivity index (χ4n) is 1.55. The Morgan fingerprint density at radius 1 is 1.41 bits per heavy atom. The van der Waals surface area contributed by atoms with Gasteiger partial charge in [0.25, 0.3) is 0 Å². The van der Waals surface area contributed by atoms with Crippen molar-refractivity contribution in [3.05, 3.63) is 46.5 Å². The highest BCUT2D eigenvalue weighted by atomic mass is 79.9. The van der Waals surface area contributed by atoms with E-state index in [0.29, 0.717) is 4.47 Å². The van der Waals surface area contributed by atoms with Crippen molar-refractivity contribution in [1.82, 2.24) is 14.9 Å².